The molecule has 2 aromatic heterocycles. The van der Waals surface area contributed by atoms with Crippen LogP contribution in [0.15, 0.2) is 55.0 Å². The van der Waals surface area contributed by atoms with Crippen LogP contribution in [0.3, 0.4) is 0 Å². The minimum Gasteiger partial charge on any atom is -0.376 e. The molecule has 0 spiro atoms. The maximum absolute atomic E-state index is 5.67. The van der Waals surface area contributed by atoms with Crippen LogP contribution in [-0.4, -0.2) is 47.4 Å². The minimum atomic E-state index is 0.0186. The van der Waals surface area contributed by atoms with E-state index >= 15 is 0 Å². The van der Waals surface area contributed by atoms with Gasteiger partial charge in [0.05, 0.1) is 31.6 Å². The summed E-state index contributed by atoms with van der Waals surface area (Å²) in [5.41, 5.74) is 5.17. The SMILES string of the molecule is Cc1ccc(-c2nc(NC[C@@H]3COCCO3)ncc2-c2ccncc2)cc1. The van der Waals surface area contributed by atoms with E-state index < -0.39 is 0 Å². The van der Waals surface area contributed by atoms with Gasteiger partial charge in [0.15, 0.2) is 0 Å². The zero-order chi connectivity index (χ0) is 18.5. The molecular formula is C21H22N4O2. The van der Waals surface area contributed by atoms with Crippen molar-refractivity contribution in [1.29, 1.82) is 0 Å². The van der Waals surface area contributed by atoms with Crippen molar-refractivity contribution in [3.63, 3.8) is 0 Å². The summed E-state index contributed by atoms with van der Waals surface area (Å²) in [6.07, 6.45) is 5.43. The van der Waals surface area contributed by atoms with Crippen LogP contribution in [0, 0.1) is 6.92 Å². The topological polar surface area (TPSA) is 69.2 Å². The van der Waals surface area contributed by atoms with Gasteiger partial charge in [-0.2, -0.15) is 0 Å². The van der Waals surface area contributed by atoms with Crippen LogP contribution in [0.5, 0.6) is 0 Å². The highest BCUT2D eigenvalue weighted by Gasteiger charge is 2.16. The van der Waals surface area contributed by atoms with Crippen molar-refractivity contribution >= 4 is 5.95 Å². The third kappa shape index (κ3) is 4.30. The van der Waals surface area contributed by atoms with Gasteiger partial charge in [-0.3, -0.25) is 4.98 Å². The highest BCUT2D eigenvalue weighted by Crippen LogP contribution is 2.30. The number of rotatable bonds is 5. The average molecular weight is 362 g/mol. The Hall–Kier alpha value is -2.83. The van der Waals surface area contributed by atoms with E-state index in [0.29, 0.717) is 32.3 Å². The molecule has 0 amide bonds. The molecule has 27 heavy (non-hydrogen) atoms. The lowest BCUT2D eigenvalue weighted by atomic mass is 10.0. The third-order valence-electron chi connectivity index (χ3n) is 4.48. The monoisotopic (exact) mass is 362 g/mol. The van der Waals surface area contributed by atoms with Gasteiger partial charge in [0.2, 0.25) is 5.95 Å². The van der Waals surface area contributed by atoms with Gasteiger partial charge in [0.1, 0.15) is 0 Å². The molecule has 1 aliphatic heterocycles. The first-order valence-corrected chi connectivity index (χ1v) is 9.07. The Bertz CT molecular complexity index is 878. The van der Waals surface area contributed by atoms with Gasteiger partial charge >= 0.3 is 0 Å². The van der Waals surface area contributed by atoms with E-state index in [1.165, 1.54) is 5.56 Å². The Morgan fingerprint density at radius 1 is 1.04 bits per heavy atom. The number of ether oxygens (including phenoxy) is 2. The van der Waals surface area contributed by atoms with E-state index in [4.69, 9.17) is 14.5 Å². The van der Waals surface area contributed by atoms with Crippen molar-refractivity contribution in [2.75, 3.05) is 31.7 Å². The number of hydrogen-bond acceptors (Lipinski definition) is 6. The van der Waals surface area contributed by atoms with Gasteiger partial charge in [-0.05, 0) is 24.6 Å². The molecule has 1 fully saturated rings. The Labute approximate surface area is 158 Å². The Balaban J connectivity index is 1.64. The molecule has 0 unspecified atom stereocenters. The molecule has 3 aromatic rings. The van der Waals surface area contributed by atoms with Gasteiger partial charge in [0, 0.05) is 36.3 Å². The minimum absolute atomic E-state index is 0.0186. The van der Waals surface area contributed by atoms with Crippen molar-refractivity contribution in [3.8, 4) is 22.4 Å². The van der Waals surface area contributed by atoms with Crippen LogP contribution in [0.4, 0.5) is 5.95 Å². The van der Waals surface area contributed by atoms with Gasteiger partial charge in [0.25, 0.3) is 0 Å². The molecule has 1 aliphatic rings. The molecule has 0 bridgehead atoms. The van der Waals surface area contributed by atoms with E-state index in [1.807, 2.05) is 18.3 Å². The van der Waals surface area contributed by atoms with E-state index in [1.54, 1.807) is 12.4 Å². The Kier molecular flexibility index (Phi) is 5.37. The molecular weight excluding hydrogens is 340 g/mol. The van der Waals surface area contributed by atoms with E-state index in [0.717, 1.165) is 22.4 Å². The summed E-state index contributed by atoms with van der Waals surface area (Å²) in [5, 5.41) is 3.28. The largest absolute Gasteiger partial charge is 0.376 e. The van der Waals surface area contributed by atoms with Crippen molar-refractivity contribution in [3.05, 3.63) is 60.6 Å². The number of pyridine rings is 1. The molecule has 3 heterocycles. The number of nitrogens with one attached hydrogen (secondary N) is 1. The zero-order valence-electron chi connectivity index (χ0n) is 15.3. The number of anilines is 1. The van der Waals surface area contributed by atoms with Crippen molar-refractivity contribution in [2.45, 2.75) is 13.0 Å². The second-order valence-corrected chi connectivity index (χ2v) is 6.51. The van der Waals surface area contributed by atoms with E-state index in [2.05, 4.69) is 46.5 Å². The summed E-state index contributed by atoms with van der Waals surface area (Å²) in [6, 6.07) is 12.3. The van der Waals surface area contributed by atoms with Crippen LogP contribution in [0.2, 0.25) is 0 Å². The lowest BCUT2D eigenvalue weighted by Gasteiger charge is -2.23. The van der Waals surface area contributed by atoms with Crippen LogP contribution < -0.4 is 5.32 Å². The van der Waals surface area contributed by atoms with Crippen molar-refractivity contribution in [1.82, 2.24) is 15.0 Å². The van der Waals surface area contributed by atoms with Gasteiger partial charge in [-0.25, -0.2) is 9.97 Å². The first kappa shape index (κ1) is 17.6. The molecule has 6 heteroatoms. The maximum atomic E-state index is 5.67. The lowest BCUT2D eigenvalue weighted by Crippen LogP contribution is -2.34. The second-order valence-electron chi connectivity index (χ2n) is 6.51. The van der Waals surface area contributed by atoms with E-state index in [-0.39, 0.29) is 6.10 Å². The van der Waals surface area contributed by atoms with Crippen LogP contribution in [0.25, 0.3) is 22.4 Å². The first-order valence-electron chi connectivity index (χ1n) is 9.07. The molecule has 0 radical (unpaired) electrons. The highest BCUT2D eigenvalue weighted by atomic mass is 16.6. The van der Waals surface area contributed by atoms with Crippen molar-refractivity contribution < 1.29 is 9.47 Å². The van der Waals surface area contributed by atoms with Crippen LogP contribution >= 0.6 is 0 Å². The average Bonchev–Trinajstić information content (AvgIpc) is 2.74. The summed E-state index contributed by atoms with van der Waals surface area (Å²) >= 11 is 0. The molecule has 0 saturated carbocycles. The fourth-order valence-corrected chi connectivity index (χ4v) is 3.00. The molecule has 1 atom stereocenters. The number of aromatic nitrogens is 3. The quantitative estimate of drug-likeness (QED) is 0.751. The summed E-state index contributed by atoms with van der Waals surface area (Å²) in [5.74, 6) is 0.581. The summed E-state index contributed by atoms with van der Waals surface area (Å²) in [4.78, 5) is 13.4. The summed E-state index contributed by atoms with van der Waals surface area (Å²) in [7, 11) is 0. The van der Waals surface area contributed by atoms with E-state index in [9.17, 15) is 0 Å². The smallest absolute Gasteiger partial charge is 0.223 e. The second kappa shape index (κ2) is 8.24. The van der Waals surface area contributed by atoms with Crippen LogP contribution in [0.1, 0.15) is 5.56 Å². The number of aryl methyl sites for hydroxylation is 1. The molecule has 138 valence electrons. The molecule has 6 nitrogen and oxygen atoms in total. The Morgan fingerprint density at radius 3 is 2.59 bits per heavy atom. The van der Waals surface area contributed by atoms with Gasteiger partial charge in [-0.15, -0.1) is 0 Å². The number of benzene rings is 1. The fourth-order valence-electron chi connectivity index (χ4n) is 3.00. The normalized spacial score (nSPS) is 16.9. The standard InChI is InChI=1S/C21H22N4O2/c1-15-2-4-17(5-3-15)20-19(16-6-8-22-9-7-16)13-24-21(25-20)23-12-18-14-26-10-11-27-18/h2-9,13,18H,10-12,14H2,1H3,(H,23,24,25)/t18-/m1/s1. The predicted molar refractivity (Wildman–Crippen MR) is 104 cm³/mol. The van der Waals surface area contributed by atoms with Crippen LogP contribution in [-0.2, 0) is 9.47 Å². The molecule has 1 N–H and O–H groups in total. The molecule has 0 aliphatic carbocycles. The molecule has 1 saturated heterocycles. The summed E-state index contributed by atoms with van der Waals surface area (Å²) < 4.78 is 11.1. The Morgan fingerprint density at radius 2 is 1.85 bits per heavy atom. The number of nitrogens with zero attached hydrogens (tertiary/aromatic N) is 3. The number of hydrogen-bond donors (Lipinski definition) is 1. The predicted octanol–water partition coefficient (Wildman–Crippen LogP) is 3.34. The summed E-state index contributed by atoms with van der Waals surface area (Å²) in [6.45, 7) is 4.57. The fraction of sp³-hybridized carbons (Fsp3) is 0.286. The van der Waals surface area contributed by atoms with Crippen molar-refractivity contribution in [2.24, 2.45) is 0 Å². The van der Waals surface area contributed by atoms with Gasteiger partial charge in [-0.1, -0.05) is 29.8 Å². The maximum Gasteiger partial charge on any atom is 0.223 e. The highest BCUT2D eigenvalue weighted by molar-refractivity contribution is 5.80. The third-order valence-corrected chi connectivity index (χ3v) is 4.48. The zero-order valence-corrected chi connectivity index (χ0v) is 15.3. The lowest BCUT2D eigenvalue weighted by molar-refractivity contribution is -0.0819. The first-order chi connectivity index (χ1) is 13.3. The molecule has 1 aromatic carbocycles. The molecule has 4 rings (SSSR count). The van der Waals surface area contributed by atoms with Gasteiger partial charge < -0.3 is 14.8 Å².